The van der Waals surface area contributed by atoms with Crippen molar-refractivity contribution in [3.8, 4) is 11.8 Å². The number of furan rings is 1. The molecule has 0 saturated heterocycles. The van der Waals surface area contributed by atoms with Gasteiger partial charge in [0, 0.05) is 18.0 Å². The lowest BCUT2D eigenvalue weighted by atomic mass is 10.1. The van der Waals surface area contributed by atoms with Gasteiger partial charge in [0.1, 0.15) is 23.2 Å². The summed E-state index contributed by atoms with van der Waals surface area (Å²) in [7, 11) is 0. The Morgan fingerprint density at radius 3 is 2.77 bits per heavy atom. The lowest BCUT2D eigenvalue weighted by Crippen LogP contribution is -2.32. The van der Waals surface area contributed by atoms with Crippen LogP contribution in [0.5, 0.6) is 0 Å². The van der Waals surface area contributed by atoms with E-state index in [0.29, 0.717) is 16.8 Å². The van der Waals surface area contributed by atoms with Crippen LogP contribution in [-0.2, 0) is 6.42 Å². The number of nitriles is 1. The maximum Gasteiger partial charge on any atom is 0.251 e. The maximum absolute atomic E-state index is 12.4. The summed E-state index contributed by atoms with van der Waals surface area (Å²) in [5.41, 5.74) is 7.42. The third-order valence-electron chi connectivity index (χ3n) is 4.08. The van der Waals surface area contributed by atoms with E-state index in [1.807, 2.05) is 25.1 Å². The Morgan fingerprint density at radius 2 is 2.15 bits per heavy atom. The van der Waals surface area contributed by atoms with Crippen molar-refractivity contribution in [3.63, 3.8) is 0 Å². The number of carbonyl (C=O) groups excluding carboxylic acids is 1. The molecule has 0 unspecified atom stereocenters. The van der Waals surface area contributed by atoms with Crippen LogP contribution in [0.15, 0.2) is 53.3 Å². The summed E-state index contributed by atoms with van der Waals surface area (Å²) in [5, 5.41) is 16.0. The van der Waals surface area contributed by atoms with Gasteiger partial charge in [0.05, 0.1) is 18.1 Å². The van der Waals surface area contributed by atoms with Gasteiger partial charge in [-0.15, -0.1) is 0 Å². The van der Waals surface area contributed by atoms with Crippen LogP contribution in [0.2, 0.25) is 0 Å². The van der Waals surface area contributed by atoms with Crippen molar-refractivity contribution < 1.29 is 9.21 Å². The van der Waals surface area contributed by atoms with E-state index >= 15 is 0 Å². The van der Waals surface area contributed by atoms with Crippen LogP contribution in [0.4, 0.5) is 5.82 Å². The standard InChI is InChI=1S/C19H19N5O2/c1-13(4-9-17-3-2-10-26-17)23-19(25)14-5-7-16(8-6-14)24-18(21)15(11-20)12-22-24/h2-3,5-8,10,12-13H,4,9,21H2,1H3,(H,23,25)/t13-/m1/s1. The summed E-state index contributed by atoms with van der Waals surface area (Å²) in [6.45, 7) is 1.96. The molecule has 0 spiro atoms. The molecular weight excluding hydrogens is 330 g/mol. The van der Waals surface area contributed by atoms with Gasteiger partial charge < -0.3 is 15.5 Å². The molecular formula is C19H19N5O2. The van der Waals surface area contributed by atoms with Gasteiger partial charge in [0.15, 0.2) is 0 Å². The topological polar surface area (TPSA) is 110 Å². The van der Waals surface area contributed by atoms with E-state index in [1.54, 1.807) is 30.5 Å². The molecule has 0 aliphatic carbocycles. The highest BCUT2D eigenvalue weighted by Gasteiger charge is 2.12. The van der Waals surface area contributed by atoms with Crippen LogP contribution >= 0.6 is 0 Å². The predicted octanol–water partition coefficient (Wildman–Crippen LogP) is 2.67. The number of rotatable bonds is 6. The first kappa shape index (κ1) is 17.3. The Labute approximate surface area is 151 Å². The zero-order valence-corrected chi connectivity index (χ0v) is 14.3. The first-order chi connectivity index (χ1) is 12.6. The molecule has 0 radical (unpaired) electrons. The molecule has 3 N–H and O–H groups in total. The molecule has 0 fully saturated rings. The number of nitrogens with two attached hydrogens (primary N) is 1. The summed E-state index contributed by atoms with van der Waals surface area (Å²) in [6.07, 6.45) is 4.62. The van der Waals surface area contributed by atoms with Crippen molar-refractivity contribution in [2.24, 2.45) is 0 Å². The maximum atomic E-state index is 12.4. The third kappa shape index (κ3) is 3.75. The first-order valence-corrected chi connectivity index (χ1v) is 8.25. The summed E-state index contributed by atoms with van der Waals surface area (Å²) >= 11 is 0. The molecule has 7 heteroatoms. The highest BCUT2D eigenvalue weighted by molar-refractivity contribution is 5.94. The third-order valence-corrected chi connectivity index (χ3v) is 4.08. The van der Waals surface area contributed by atoms with E-state index in [4.69, 9.17) is 15.4 Å². The van der Waals surface area contributed by atoms with Crippen molar-refractivity contribution in [3.05, 3.63) is 65.7 Å². The molecule has 0 saturated carbocycles. The monoisotopic (exact) mass is 349 g/mol. The second-order valence-electron chi connectivity index (χ2n) is 6.01. The van der Waals surface area contributed by atoms with Gasteiger partial charge in [-0.05, 0) is 49.7 Å². The number of nitrogens with zero attached hydrogens (tertiary/aromatic N) is 3. The van der Waals surface area contributed by atoms with E-state index in [1.165, 1.54) is 10.9 Å². The molecule has 0 bridgehead atoms. The highest BCUT2D eigenvalue weighted by Crippen LogP contribution is 2.17. The van der Waals surface area contributed by atoms with Crippen molar-refractivity contribution in [2.75, 3.05) is 5.73 Å². The smallest absolute Gasteiger partial charge is 0.251 e. The van der Waals surface area contributed by atoms with E-state index in [0.717, 1.165) is 18.6 Å². The number of hydrogen-bond acceptors (Lipinski definition) is 5. The number of hydrogen-bond donors (Lipinski definition) is 2. The average Bonchev–Trinajstić information content (AvgIpc) is 3.29. The van der Waals surface area contributed by atoms with Crippen molar-refractivity contribution in [2.45, 2.75) is 25.8 Å². The molecule has 3 rings (SSSR count). The number of amides is 1. The fraction of sp³-hybridized carbons (Fsp3) is 0.211. The van der Waals surface area contributed by atoms with E-state index in [9.17, 15) is 4.79 Å². The average molecular weight is 349 g/mol. The fourth-order valence-electron chi connectivity index (χ4n) is 2.60. The highest BCUT2D eigenvalue weighted by atomic mass is 16.3. The normalized spacial score (nSPS) is 11.7. The lowest BCUT2D eigenvalue weighted by Gasteiger charge is -2.13. The van der Waals surface area contributed by atoms with E-state index < -0.39 is 0 Å². The Balaban J connectivity index is 1.61. The minimum absolute atomic E-state index is 0.0206. The van der Waals surface area contributed by atoms with Gasteiger partial charge in [-0.25, -0.2) is 4.68 Å². The van der Waals surface area contributed by atoms with E-state index in [-0.39, 0.29) is 17.8 Å². The SMILES string of the molecule is C[C@H](CCc1ccco1)NC(=O)c1ccc(-n2ncc(C#N)c2N)cc1. The van der Waals surface area contributed by atoms with Gasteiger partial charge in [-0.1, -0.05) is 0 Å². The minimum Gasteiger partial charge on any atom is -0.469 e. The van der Waals surface area contributed by atoms with Crippen LogP contribution in [0.1, 0.15) is 35.0 Å². The molecule has 1 aromatic carbocycles. The van der Waals surface area contributed by atoms with E-state index in [2.05, 4.69) is 10.4 Å². The molecule has 132 valence electrons. The second kappa shape index (κ2) is 7.57. The number of anilines is 1. The van der Waals surface area contributed by atoms with Gasteiger partial charge >= 0.3 is 0 Å². The Hall–Kier alpha value is -3.53. The molecule has 3 aromatic rings. The fourth-order valence-corrected chi connectivity index (χ4v) is 2.60. The minimum atomic E-state index is -0.144. The van der Waals surface area contributed by atoms with Crippen LogP contribution in [0.25, 0.3) is 5.69 Å². The summed E-state index contributed by atoms with van der Waals surface area (Å²) in [5.74, 6) is 1.04. The molecule has 2 aromatic heterocycles. The summed E-state index contributed by atoms with van der Waals surface area (Å²) < 4.78 is 6.76. The van der Waals surface area contributed by atoms with Gasteiger partial charge in [0.2, 0.25) is 0 Å². The Bertz CT molecular complexity index is 920. The van der Waals surface area contributed by atoms with Crippen LogP contribution in [0.3, 0.4) is 0 Å². The number of nitrogens with one attached hydrogen (secondary N) is 1. The summed E-state index contributed by atoms with van der Waals surface area (Å²) in [6, 6.07) is 12.7. The first-order valence-electron chi connectivity index (χ1n) is 8.25. The quantitative estimate of drug-likeness (QED) is 0.711. The molecule has 0 aliphatic heterocycles. The van der Waals surface area contributed by atoms with Crippen molar-refractivity contribution in [1.82, 2.24) is 15.1 Å². The Kier molecular flexibility index (Phi) is 5.04. The van der Waals surface area contributed by atoms with Gasteiger partial charge in [0.25, 0.3) is 5.91 Å². The van der Waals surface area contributed by atoms with Gasteiger partial charge in [-0.2, -0.15) is 10.4 Å². The Morgan fingerprint density at radius 1 is 1.38 bits per heavy atom. The molecule has 1 amide bonds. The molecule has 2 heterocycles. The zero-order chi connectivity index (χ0) is 18.5. The molecule has 1 atom stereocenters. The number of carbonyl (C=O) groups is 1. The van der Waals surface area contributed by atoms with Crippen molar-refractivity contribution >= 4 is 11.7 Å². The van der Waals surface area contributed by atoms with Gasteiger partial charge in [-0.3, -0.25) is 4.79 Å². The van der Waals surface area contributed by atoms with Crippen molar-refractivity contribution in [1.29, 1.82) is 5.26 Å². The molecule has 7 nitrogen and oxygen atoms in total. The largest absolute Gasteiger partial charge is 0.469 e. The van der Waals surface area contributed by atoms with Crippen LogP contribution in [0, 0.1) is 11.3 Å². The van der Waals surface area contributed by atoms with Crippen LogP contribution < -0.4 is 11.1 Å². The molecule has 0 aliphatic rings. The zero-order valence-electron chi connectivity index (χ0n) is 14.3. The lowest BCUT2D eigenvalue weighted by molar-refractivity contribution is 0.0938. The summed E-state index contributed by atoms with van der Waals surface area (Å²) in [4.78, 5) is 12.4. The second-order valence-corrected chi connectivity index (χ2v) is 6.01. The number of aryl methyl sites for hydroxylation is 1. The van der Waals surface area contributed by atoms with Crippen LogP contribution in [-0.4, -0.2) is 21.7 Å². The predicted molar refractivity (Wildman–Crippen MR) is 96.6 cm³/mol. The number of benzene rings is 1. The number of aromatic nitrogens is 2. The number of nitrogen functional groups attached to an aromatic ring is 1. The molecule has 26 heavy (non-hydrogen) atoms.